The Morgan fingerprint density at radius 2 is 2.21 bits per heavy atom. The maximum Gasteiger partial charge on any atom is 0.259 e. The molecular formula is C13H19N3O2S. The van der Waals surface area contributed by atoms with Crippen molar-refractivity contribution in [2.75, 3.05) is 19.7 Å². The lowest BCUT2D eigenvalue weighted by Gasteiger charge is -2.04. The third kappa shape index (κ3) is 3.20. The SMILES string of the molecule is CCNCCOCc1nc2sc(C)c(C)c2c(=O)[nH]1. The van der Waals surface area contributed by atoms with Crippen LogP contribution in [-0.2, 0) is 11.3 Å². The van der Waals surface area contributed by atoms with E-state index in [2.05, 4.69) is 22.2 Å². The van der Waals surface area contributed by atoms with Gasteiger partial charge in [0, 0.05) is 11.4 Å². The Balaban J connectivity index is 2.11. The van der Waals surface area contributed by atoms with E-state index in [1.54, 1.807) is 11.3 Å². The first kappa shape index (κ1) is 14.2. The van der Waals surface area contributed by atoms with Crippen molar-refractivity contribution in [1.29, 1.82) is 0 Å². The molecule has 2 rings (SSSR count). The Labute approximate surface area is 116 Å². The standard InChI is InChI=1S/C13H19N3O2S/c1-4-14-5-6-18-7-10-15-12(17)11-8(2)9(3)19-13(11)16-10/h14H,4-7H2,1-3H3,(H,15,16,17). The summed E-state index contributed by atoms with van der Waals surface area (Å²) < 4.78 is 5.47. The molecular weight excluding hydrogens is 262 g/mol. The summed E-state index contributed by atoms with van der Waals surface area (Å²) >= 11 is 1.56. The predicted octanol–water partition coefficient (Wildman–Crippen LogP) is 1.73. The molecule has 0 aliphatic heterocycles. The van der Waals surface area contributed by atoms with Crippen LogP contribution in [-0.4, -0.2) is 29.7 Å². The number of ether oxygens (including phenoxy) is 1. The maximum absolute atomic E-state index is 12.0. The van der Waals surface area contributed by atoms with Gasteiger partial charge in [0.15, 0.2) is 0 Å². The molecule has 104 valence electrons. The van der Waals surface area contributed by atoms with Gasteiger partial charge in [0.2, 0.25) is 0 Å². The number of hydrogen-bond donors (Lipinski definition) is 2. The number of nitrogens with one attached hydrogen (secondary N) is 2. The van der Waals surface area contributed by atoms with Gasteiger partial charge in [-0.05, 0) is 26.0 Å². The van der Waals surface area contributed by atoms with E-state index in [4.69, 9.17) is 4.74 Å². The highest BCUT2D eigenvalue weighted by Crippen LogP contribution is 2.25. The highest BCUT2D eigenvalue weighted by molar-refractivity contribution is 7.18. The third-order valence-corrected chi connectivity index (χ3v) is 4.10. The molecule has 6 heteroatoms. The molecule has 0 aromatic carbocycles. The summed E-state index contributed by atoms with van der Waals surface area (Å²) in [6, 6.07) is 0. The minimum Gasteiger partial charge on any atom is -0.372 e. The van der Waals surface area contributed by atoms with Crippen LogP contribution in [0, 0.1) is 13.8 Å². The highest BCUT2D eigenvalue weighted by Gasteiger charge is 2.11. The van der Waals surface area contributed by atoms with E-state index in [1.807, 2.05) is 13.8 Å². The number of aryl methyl sites for hydroxylation is 2. The van der Waals surface area contributed by atoms with Crippen LogP contribution in [0.4, 0.5) is 0 Å². The summed E-state index contributed by atoms with van der Waals surface area (Å²) in [7, 11) is 0. The first-order chi connectivity index (χ1) is 9.13. The summed E-state index contributed by atoms with van der Waals surface area (Å²) in [6.45, 7) is 8.70. The average Bonchev–Trinajstić information content (AvgIpc) is 2.65. The summed E-state index contributed by atoms with van der Waals surface area (Å²) in [4.78, 5) is 21.2. The second-order valence-electron chi connectivity index (χ2n) is 4.38. The van der Waals surface area contributed by atoms with E-state index in [-0.39, 0.29) is 5.56 Å². The van der Waals surface area contributed by atoms with Crippen LogP contribution in [0.2, 0.25) is 0 Å². The molecule has 2 aromatic rings. The lowest BCUT2D eigenvalue weighted by molar-refractivity contribution is 0.118. The number of thiophene rings is 1. The van der Waals surface area contributed by atoms with Crippen molar-refractivity contribution in [1.82, 2.24) is 15.3 Å². The fourth-order valence-corrected chi connectivity index (χ4v) is 2.91. The fraction of sp³-hybridized carbons (Fsp3) is 0.538. The van der Waals surface area contributed by atoms with Gasteiger partial charge in [-0.25, -0.2) is 4.98 Å². The van der Waals surface area contributed by atoms with Gasteiger partial charge in [-0.15, -0.1) is 11.3 Å². The molecule has 0 aliphatic carbocycles. The van der Waals surface area contributed by atoms with Gasteiger partial charge < -0.3 is 15.0 Å². The highest BCUT2D eigenvalue weighted by atomic mass is 32.1. The molecule has 0 saturated carbocycles. The largest absolute Gasteiger partial charge is 0.372 e. The van der Waals surface area contributed by atoms with Crippen molar-refractivity contribution < 1.29 is 4.74 Å². The zero-order valence-corrected chi connectivity index (χ0v) is 12.3. The van der Waals surface area contributed by atoms with Crippen LogP contribution in [0.25, 0.3) is 10.2 Å². The summed E-state index contributed by atoms with van der Waals surface area (Å²) in [5.74, 6) is 0.593. The van der Waals surface area contributed by atoms with Crippen LogP contribution >= 0.6 is 11.3 Å². The molecule has 2 aromatic heterocycles. The molecule has 0 atom stereocenters. The second-order valence-corrected chi connectivity index (χ2v) is 5.59. The molecule has 0 saturated heterocycles. The molecule has 0 fully saturated rings. The number of aromatic nitrogens is 2. The van der Waals surface area contributed by atoms with Crippen molar-refractivity contribution in [3.05, 3.63) is 26.6 Å². The number of fused-ring (bicyclic) bond motifs is 1. The van der Waals surface area contributed by atoms with Gasteiger partial charge in [-0.1, -0.05) is 6.92 Å². The molecule has 0 radical (unpaired) electrons. The first-order valence-electron chi connectivity index (χ1n) is 6.40. The van der Waals surface area contributed by atoms with Gasteiger partial charge >= 0.3 is 0 Å². The zero-order chi connectivity index (χ0) is 13.8. The van der Waals surface area contributed by atoms with Gasteiger partial charge in [0.05, 0.1) is 12.0 Å². The summed E-state index contributed by atoms with van der Waals surface area (Å²) in [5, 5.41) is 3.88. The van der Waals surface area contributed by atoms with Crippen LogP contribution < -0.4 is 10.9 Å². The number of H-pyrrole nitrogens is 1. The molecule has 5 nitrogen and oxygen atoms in total. The number of aromatic amines is 1. The van der Waals surface area contributed by atoms with Crippen molar-refractivity contribution >= 4 is 21.6 Å². The van der Waals surface area contributed by atoms with E-state index in [0.29, 0.717) is 24.4 Å². The van der Waals surface area contributed by atoms with Crippen LogP contribution in [0.5, 0.6) is 0 Å². The molecule has 2 N–H and O–H groups in total. The minimum atomic E-state index is -0.0721. The Hall–Kier alpha value is -1.24. The van der Waals surface area contributed by atoms with E-state index in [1.165, 1.54) is 0 Å². The fourth-order valence-electron chi connectivity index (χ4n) is 1.86. The van der Waals surface area contributed by atoms with Crippen LogP contribution in [0.3, 0.4) is 0 Å². The average molecular weight is 281 g/mol. The second kappa shape index (κ2) is 6.27. The van der Waals surface area contributed by atoms with Gasteiger partial charge in [0.25, 0.3) is 5.56 Å². The van der Waals surface area contributed by atoms with Crippen LogP contribution in [0.15, 0.2) is 4.79 Å². The Bertz CT molecular complexity index is 618. The number of nitrogens with zero attached hydrogens (tertiary/aromatic N) is 1. The molecule has 0 bridgehead atoms. The number of likely N-dealkylation sites (N-methyl/N-ethyl adjacent to an activating group) is 1. The first-order valence-corrected chi connectivity index (χ1v) is 7.22. The summed E-state index contributed by atoms with van der Waals surface area (Å²) in [5.41, 5.74) is 0.950. The van der Waals surface area contributed by atoms with Crippen LogP contribution in [0.1, 0.15) is 23.2 Å². The molecule has 0 spiro atoms. The number of hydrogen-bond acceptors (Lipinski definition) is 5. The van der Waals surface area contributed by atoms with E-state index < -0.39 is 0 Å². The maximum atomic E-state index is 12.0. The third-order valence-electron chi connectivity index (χ3n) is 3.00. The molecule has 0 amide bonds. The molecule has 0 aliphatic rings. The monoisotopic (exact) mass is 281 g/mol. The van der Waals surface area contributed by atoms with Crippen molar-refractivity contribution in [3.63, 3.8) is 0 Å². The quantitative estimate of drug-likeness (QED) is 0.791. The lowest BCUT2D eigenvalue weighted by Crippen LogP contribution is -2.19. The Morgan fingerprint density at radius 3 is 2.95 bits per heavy atom. The summed E-state index contributed by atoms with van der Waals surface area (Å²) in [6.07, 6.45) is 0. The topological polar surface area (TPSA) is 67.0 Å². The zero-order valence-electron chi connectivity index (χ0n) is 11.5. The molecule has 2 heterocycles. The van der Waals surface area contributed by atoms with Crippen molar-refractivity contribution in [3.8, 4) is 0 Å². The van der Waals surface area contributed by atoms with Crippen molar-refractivity contribution in [2.45, 2.75) is 27.4 Å². The van der Waals surface area contributed by atoms with Gasteiger partial charge in [0.1, 0.15) is 17.3 Å². The van der Waals surface area contributed by atoms with Crippen molar-refractivity contribution in [2.24, 2.45) is 0 Å². The van der Waals surface area contributed by atoms with E-state index >= 15 is 0 Å². The number of rotatable bonds is 6. The van der Waals surface area contributed by atoms with E-state index in [9.17, 15) is 4.79 Å². The van der Waals surface area contributed by atoms with Gasteiger partial charge in [-0.2, -0.15) is 0 Å². The van der Waals surface area contributed by atoms with Gasteiger partial charge in [-0.3, -0.25) is 4.79 Å². The Morgan fingerprint density at radius 1 is 1.42 bits per heavy atom. The minimum absolute atomic E-state index is 0.0721. The molecule has 19 heavy (non-hydrogen) atoms. The Kier molecular flexibility index (Phi) is 4.68. The predicted molar refractivity (Wildman–Crippen MR) is 77.9 cm³/mol. The smallest absolute Gasteiger partial charge is 0.259 e. The molecule has 0 unspecified atom stereocenters. The lowest BCUT2D eigenvalue weighted by atomic mass is 10.2. The normalized spacial score (nSPS) is 11.3. The van der Waals surface area contributed by atoms with E-state index in [0.717, 1.165) is 28.4 Å².